The van der Waals surface area contributed by atoms with Crippen molar-refractivity contribution in [1.29, 1.82) is 0 Å². The van der Waals surface area contributed by atoms with Gasteiger partial charge in [-0.2, -0.15) is 5.10 Å². The lowest BCUT2D eigenvalue weighted by Gasteiger charge is -2.17. The Morgan fingerprint density at radius 2 is 2.21 bits per heavy atom. The predicted octanol–water partition coefficient (Wildman–Crippen LogP) is 2.83. The highest BCUT2D eigenvalue weighted by atomic mass is 32.1. The van der Waals surface area contributed by atoms with Crippen molar-refractivity contribution in [2.24, 2.45) is 0 Å². The zero-order chi connectivity index (χ0) is 16.7. The van der Waals surface area contributed by atoms with Crippen molar-refractivity contribution in [3.8, 4) is 5.13 Å². The summed E-state index contributed by atoms with van der Waals surface area (Å²) in [6.45, 7) is 5.48. The van der Waals surface area contributed by atoms with Crippen LogP contribution in [0, 0.1) is 13.8 Å². The van der Waals surface area contributed by atoms with Crippen molar-refractivity contribution in [2.75, 3.05) is 13.1 Å². The van der Waals surface area contributed by atoms with E-state index in [1.54, 1.807) is 23.7 Å². The average Bonchev–Trinajstić information content (AvgIpc) is 3.34. The Morgan fingerprint density at radius 1 is 1.33 bits per heavy atom. The molecule has 1 unspecified atom stereocenters. The SMILES string of the molecule is Cc1cc(C(=O)N2CCC(n3cccn3)C2)c(C)n1-c1nccs1. The molecule has 1 amide bonds. The lowest BCUT2D eigenvalue weighted by Crippen LogP contribution is -2.29. The van der Waals surface area contributed by atoms with Gasteiger partial charge in [-0.3, -0.25) is 14.0 Å². The van der Waals surface area contributed by atoms with Crippen LogP contribution in [0.25, 0.3) is 5.13 Å². The molecule has 3 aromatic heterocycles. The van der Waals surface area contributed by atoms with E-state index >= 15 is 0 Å². The van der Waals surface area contributed by atoms with Crippen LogP contribution in [0.4, 0.5) is 0 Å². The number of aryl methyl sites for hydroxylation is 1. The standard InChI is InChI=1S/C17H19N5OS/c1-12-10-15(13(2)22(12)17-18-6-9-24-17)16(23)20-8-4-14(11-20)21-7-3-5-19-21/h3,5-7,9-10,14H,4,8,11H2,1-2H3. The number of amides is 1. The summed E-state index contributed by atoms with van der Waals surface area (Å²) in [6.07, 6.45) is 6.48. The Morgan fingerprint density at radius 3 is 2.92 bits per heavy atom. The Bertz CT molecular complexity index is 850. The molecule has 3 aromatic rings. The number of rotatable bonds is 3. The van der Waals surface area contributed by atoms with Gasteiger partial charge in [0.15, 0.2) is 5.13 Å². The van der Waals surface area contributed by atoms with E-state index in [0.29, 0.717) is 6.54 Å². The minimum absolute atomic E-state index is 0.0977. The second-order valence-electron chi connectivity index (χ2n) is 6.11. The Hall–Kier alpha value is -2.41. The molecule has 1 saturated heterocycles. The topological polar surface area (TPSA) is 56.0 Å². The van der Waals surface area contributed by atoms with Crippen LogP contribution in [0.2, 0.25) is 0 Å². The third-order valence-corrected chi connectivity index (χ3v) is 5.38. The van der Waals surface area contributed by atoms with E-state index in [9.17, 15) is 4.79 Å². The van der Waals surface area contributed by atoms with E-state index in [-0.39, 0.29) is 11.9 Å². The highest BCUT2D eigenvalue weighted by molar-refractivity contribution is 7.12. The minimum Gasteiger partial charge on any atom is -0.336 e. The Kier molecular flexibility index (Phi) is 3.72. The van der Waals surface area contributed by atoms with Crippen LogP contribution in [0.15, 0.2) is 36.1 Å². The monoisotopic (exact) mass is 341 g/mol. The van der Waals surface area contributed by atoms with Crippen molar-refractivity contribution >= 4 is 17.2 Å². The molecule has 1 fully saturated rings. The van der Waals surface area contributed by atoms with Gasteiger partial charge in [0, 0.05) is 48.4 Å². The zero-order valence-corrected chi connectivity index (χ0v) is 14.5. The number of thiazole rings is 1. The number of carbonyl (C=O) groups is 1. The largest absolute Gasteiger partial charge is 0.336 e. The first-order valence-electron chi connectivity index (χ1n) is 8.02. The molecule has 124 valence electrons. The van der Waals surface area contributed by atoms with Gasteiger partial charge in [-0.1, -0.05) is 0 Å². The fourth-order valence-corrected chi connectivity index (χ4v) is 4.16. The third-order valence-electron chi connectivity index (χ3n) is 4.62. The first kappa shape index (κ1) is 15.1. The molecule has 4 heterocycles. The molecular weight excluding hydrogens is 322 g/mol. The average molecular weight is 341 g/mol. The molecule has 1 aliphatic rings. The number of hydrogen-bond donors (Lipinski definition) is 0. The minimum atomic E-state index is 0.0977. The summed E-state index contributed by atoms with van der Waals surface area (Å²) in [5.74, 6) is 0.0977. The fraction of sp³-hybridized carbons (Fsp3) is 0.353. The zero-order valence-electron chi connectivity index (χ0n) is 13.7. The molecule has 4 rings (SSSR count). The van der Waals surface area contributed by atoms with Gasteiger partial charge < -0.3 is 4.90 Å². The van der Waals surface area contributed by atoms with Gasteiger partial charge in [-0.15, -0.1) is 11.3 Å². The van der Waals surface area contributed by atoms with Crippen molar-refractivity contribution in [1.82, 2.24) is 24.2 Å². The van der Waals surface area contributed by atoms with Crippen LogP contribution >= 0.6 is 11.3 Å². The maximum Gasteiger partial charge on any atom is 0.255 e. The summed E-state index contributed by atoms with van der Waals surface area (Å²) in [4.78, 5) is 19.3. The molecule has 0 aromatic carbocycles. The molecule has 0 aliphatic carbocycles. The van der Waals surface area contributed by atoms with E-state index in [2.05, 4.69) is 14.6 Å². The van der Waals surface area contributed by atoms with Crippen LogP contribution in [0.3, 0.4) is 0 Å². The van der Waals surface area contributed by atoms with Crippen LogP contribution in [-0.4, -0.2) is 43.2 Å². The molecule has 0 bridgehead atoms. The summed E-state index contributed by atoms with van der Waals surface area (Å²) in [7, 11) is 0. The van der Waals surface area contributed by atoms with Crippen LogP contribution in [0.1, 0.15) is 34.2 Å². The number of hydrogen-bond acceptors (Lipinski definition) is 4. The molecule has 1 atom stereocenters. The maximum absolute atomic E-state index is 13.0. The van der Waals surface area contributed by atoms with Crippen LogP contribution in [-0.2, 0) is 0 Å². The Labute approximate surface area is 144 Å². The van der Waals surface area contributed by atoms with Crippen LogP contribution < -0.4 is 0 Å². The highest BCUT2D eigenvalue weighted by Crippen LogP contribution is 2.26. The summed E-state index contributed by atoms with van der Waals surface area (Å²) in [5, 5.41) is 7.15. The summed E-state index contributed by atoms with van der Waals surface area (Å²) < 4.78 is 4.01. The molecule has 24 heavy (non-hydrogen) atoms. The van der Waals surface area contributed by atoms with E-state index in [0.717, 1.165) is 35.0 Å². The van der Waals surface area contributed by atoms with E-state index in [1.165, 1.54) is 0 Å². The van der Waals surface area contributed by atoms with Crippen LogP contribution in [0.5, 0.6) is 0 Å². The van der Waals surface area contributed by atoms with Gasteiger partial charge in [0.2, 0.25) is 0 Å². The lowest BCUT2D eigenvalue weighted by atomic mass is 10.2. The van der Waals surface area contributed by atoms with Crippen molar-refractivity contribution in [3.63, 3.8) is 0 Å². The smallest absolute Gasteiger partial charge is 0.255 e. The first-order valence-corrected chi connectivity index (χ1v) is 8.90. The third kappa shape index (κ3) is 2.45. The normalized spacial score (nSPS) is 17.6. The van der Waals surface area contributed by atoms with Gasteiger partial charge in [-0.25, -0.2) is 4.98 Å². The number of aromatic nitrogens is 4. The number of likely N-dealkylation sites (tertiary alicyclic amines) is 1. The number of carbonyl (C=O) groups excluding carboxylic acids is 1. The van der Waals surface area contributed by atoms with E-state index < -0.39 is 0 Å². The lowest BCUT2D eigenvalue weighted by molar-refractivity contribution is 0.0786. The molecule has 0 N–H and O–H groups in total. The molecule has 0 saturated carbocycles. The van der Waals surface area contributed by atoms with Gasteiger partial charge in [0.05, 0.1) is 11.6 Å². The summed E-state index contributed by atoms with van der Waals surface area (Å²) in [5.41, 5.74) is 2.76. The quantitative estimate of drug-likeness (QED) is 0.736. The molecule has 0 radical (unpaired) electrons. The molecule has 0 spiro atoms. The van der Waals surface area contributed by atoms with Crippen molar-refractivity contribution < 1.29 is 4.79 Å². The molecule has 6 nitrogen and oxygen atoms in total. The van der Waals surface area contributed by atoms with Gasteiger partial charge in [-0.05, 0) is 32.4 Å². The Balaban J connectivity index is 1.59. The van der Waals surface area contributed by atoms with Crippen molar-refractivity contribution in [2.45, 2.75) is 26.3 Å². The predicted molar refractivity (Wildman–Crippen MR) is 92.7 cm³/mol. The van der Waals surface area contributed by atoms with Crippen molar-refractivity contribution in [3.05, 3.63) is 53.1 Å². The second kappa shape index (κ2) is 5.90. The van der Waals surface area contributed by atoms with Gasteiger partial charge in [0.1, 0.15) is 0 Å². The second-order valence-corrected chi connectivity index (χ2v) is 6.99. The van der Waals surface area contributed by atoms with Gasteiger partial charge >= 0.3 is 0 Å². The number of nitrogens with zero attached hydrogens (tertiary/aromatic N) is 5. The van der Waals surface area contributed by atoms with Gasteiger partial charge in [0.25, 0.3) is 5.91 Å². The molecular formula is C17H19N5OS. The fourth-order valence-electron chi connectivity index (χ4n) is 3.41. The highest BCUT2D eigenvalue weighted by Gasteiger charge is 2.30. The summed E-state index contributed by atoms with van der Waals surface area (Å²) >= 11 is 1.58. The van der Waals surface area contributed by atoms with E-state index in [4.69, 9.17) is 0 Å². The summed E-state index contributed by atoms with van der Waals surface area (Å²) in [6, 6.07) is 4.17. The van der Waals surface area contributed by atoms with E-state index in [1.807, 2.05) is 47.1 Å². The molecule has 7 heteroatoms. The maximum atomic E-state index is 13.0. The molecule has 1 aliphatic heterocycles. The first-order chi connectivity index (χ1) is 11.6.